The summed E-state index contributed by atoms with van der Waals surface area (Å²) in [5, 5.41) is 0. The molecule has 1 aromatic rings. The molecule has 0 aliphatic carbocycles. The van der Waals surface area contributed by atoms with Crippen molar-refractivity contribution < 1.29 is 4.79 Å². The van der Waals surface area contributed by atoms with Gasteiger partial charge in [0, 0.05) is 16.1 Å². The van der Waals surface area contributed by atoms with Gasteiger partial charge < -0.3 is 0 Å². The predicted molar refractivity (Wildman–Crippen MR) is 70.9 cm³/mol. The van der Waals surface area contributed by atoms with Crippen LogP contribution in [0.5, 0.6) is 0 Å². The molecule has 0 N–H and O–H groups in total. The molecule has 0 aliphatic heterocycles. The van der Waals surface area contributed by atoms with E-state index in [2.05, 4.69) is 41.6 Å². The van der Waals surface area contributed by atoms with E-state index in [0.29, 0.717) is 12.6 Å². The topological polar surface area (TPSA) is 20.3 Å². The quantitative estimate of drug-likeness (QED) is 0.773. The van der Waals surface area contributed by atoms with Crippen molar-refractivity contribution in [1.82, 2.24) is 4.90 Å². The Morgan fingerprint density at radius 2 is 2.12 bits per heavy atom. The Hall–Kier alpha value is -0.670. The summed E-state index contributed by atoms with van der Waals surface area (Å²) >= 11 is 3.38. The lowest BCUT2D eigenvalue weighted by atomic mass is 10.1. The van der Waals surface area contributed by atoms with Crippen LogP contribution in [-0.4, -0.2) is 29.8 Å². The van der Waals surface area contributed by atoms with Gasteiger partial charge in [0.2, 0.25) is 0 Å². The summed E-state index contributed by atoms with van der Waals surface area (Å²) in [5.41, 5.74) is 0.772. The number of nitrogens with zero attached hydrogens (tertiary/aromatic N) is 1. The highest BCUT2D eigenvalue weighted by atomic mass is 79.9. The molecule has 0 fully saturated rings. The molecule has 0 radical (unpaired) electrons. The molecule has 0 atom stereocenters. The Bertz CT molecular complexity index is 363. The highest BCUT2D eigenvalue weighted by Crippen LogP contribution is 2.13. The number of carbonyl (C=O) groups is 1. The molecule has 0 aliphatic rings. The molecule has 0 spiro atoms. The van der Waals surface area contributed by atoms with Crippen LogP contribution in [0.3, 0.4) is 0 Å². The number of benzene rings is 1. The van der Waals surface area contributed by atoms with E-state index in [-0.39, 0.29) is 5.78 Å². The first-order chi connectivity index (χ1) is 7.54. The number of likely N-dealkylation sites (N-methyl/N-ethyl adjacent to an activating group) is 1. The number of Topliss-reactive ketones (excluding diaryl/α,β-unsaturated/α-hetero) is 1. The molecule has 0 amide bonds. The molecule has 0 aromatic heterocycles. The molecule has 0 saturated heterocycles. The van der Waals surface area contributed by atoms with Crippen LogP contribution in [0.1, 0.15) is 31.1 Å². The second-order valence-corrected chi connectivity index (χ2v) is 5.01. The van der Waals surface area contributed by atoms with Gasteiger partial charge in [-0.2, -0.15) is 0 Å². The van der Waals surface area contributed by atoms with Gasteiger partial charge in [0.15, 0.2) is 5.78 Å². The first-order valence-corrected chi connectivity index (χ1v) is 6.36. The molecule has 0 saturated carbocycles. The average Bonchev–Trinajstić information content (AvgIpc) is 2.25. The van der Waals surface area contributed by atoms with Crippen molar-refractivity contribution in [3.05, 3.63) is 34.3 Å². The fourth-order valence-electron chi connectivity index (χ4n) is 1.60. The second-order valence-electron chi connectivity index (χ2n) is 4.09. The van der Waals surface area contributed by atoms with Crippen molar-refractivity contribution >= 4 is 21.7 Å². The van der Waals surface area contributed by atoms with Gasteiger partial charge in [-0.15, -0.1) is 0 Å². The maximum Gasteiger partial charge on any atom is 0.176 e. The van der Waals surface area contributed by atoms with Gasteiger partial charge in [-0.05, 0) is 32.5 Å². The Balaban J connectivity index is 2.72. The molecule has 0 unspecified atom stereocenters. The van der Waals surface area contributed by atoms with Crippen LogP contribution in [-0.2, 0) is 0 Å². The van der Waals surface area contributed by atoms with Gasteiger partial charge >= 0.3 is 0 Å². The van der Waals surface area contributed by atoms with Crippen LogP contribution < -0.4 is 0 Å². The standard InChI is InChI=1S/C13H18BrNO/c1-4-15(10(2)3)9-13(16)11-6-5-7-12(14)8-11/h5-8,10H,4,9H2,1-3H3. The van der Waals surface area contributed by atoms with Gasteiger partial charge in [-0.1, -0.05) is 35.0 Å². The predicted octanol–water partition coefficient (Wildman–Crippen LogP) is 3.36. The van der Waals surface area contributed by atoms with Gasteiger partial charge in [-0.3, -0.25) is 9.69 Å². The van der Waals surface area contributed by atoms with E-state index >= 15 is 0 Å². The number of rotatable bonds is 5. The van der Waals surface area contributed by atoms with E-state index in [1.54, 1.807) is 0 Å². The van der Waals surface area contributed by atoms with Crippen LogP contribution in [0.4, 0.5) is 0 Å². The van der Waals surface area contributed by atoms with Crippen LogP contribution in [0.2, 0.25) is 0 Å². The number of hydrogen-bond acceptors (Lipinski definition) is 2. The van der Waals surface area contributed by atoms with Gasteiger partial charge in [0.1, 0.15) is 0 Å². The summed E-state index contributed by atoms with van der Waals surface area (Å²) in [6, 6.07) is 7.96. The fraction of sp³-hybridized carbons (Fsp3) is 0.462. The van der Waals surface area contributed by atoms with Crippen molar-refractivity contribution in [3.8, 4) is 0 Å². The third kappa shape index (κ3) is 3.72. The highest BCUT2D eigenvalue weighted by Gasteiger charge is 2.13. The molecular weight excluding hydrogens is 266 g/mol. The van der Waals surface area contributed by atoms with Gasteiger partial charge in [0.05, 0.1) is 6.54 Å². The molecule has 16 heavy (non-hydrogen) atoms. The van der Waals surface area contributed by atoms with Crippen molar-refractivity contribution in [3.63, 3.8) is 0 Å². The number of ketones is 1. The van der Waals surface area contributed by atoms with Gasteiger partial charge in [-0.25, -0.2) is 0 Å². The SMILES string of the molecule is CCN(CC(=O)c1cccc(Br)c1)C(C)C. The highest BCUT2D eigenvalue weighted by molar-refractivity contribution is 9.10. The summed E-state index contributed by atoms with van der Waals surface area (Å²) in [6.07, 6.45) is 0. The van der Waals surface area contributed by atoms with E-state index in [0.717, 1.165) is 16.6 Å². The largest absolute Gasteiger partial charge is 0.294 e. The first kappa shape index (κ1) is 13.4. The van der Waals surface area contributed by atoms with Crippen LogP contribution in [0.15, 0.2) is 28.7 Å². The Morgan fingerprint density at radius 3 is 2.62 bits per heavy atom. The molecule has 88 valence electrons. The monoisotopic (exact) mass is 283 g/mol. The minimum absolute atomic E-state index is 0.178. The zero-order chi connectivity index (χ0) is 12.1. The Labute approximate surface area is 106 Å². The Kier molecular flexibility index (Phi) is 5.16. The summed E-state index contributed by atoms with van der Waals surface area (Å²) in [6.45, 7) is 7.69. The molecule has 3 heteroatoms. The molecule has 0 heterocycles. The normalized spacial score (nSPS) is 11.1. The molecule has 0 bridgehead atoms. The summed E-state index contributed by atoms with van der Waals surface area (Å²) in [4.78, 5) is 14.2. The minimum atomic E-state index is 0.178. The lowest BCUT2D eigenvalue weighted by Crippen LogP contribution is -2.35. The molecule has 1 aromatic carbocycles. The minimum Gasteiger partial charge on any atom is -0.294 e. The fourth-order valence-corrected chi connectivity index (χ4v) is 2.00. The third-order valence-corrected chi connectivity index (χ3v) is 3.12. The Morgan fingerprint density at radius 1 is 1.44 bits per heavy atom. The average molecular weight is 284 g/mol. The maximum atomic E-state index is 12.0. The lowest BCUT2D eigenvalue weighted by molar-refractivity contribution is 0.0911. The smallest absolute Gasteiger partial charge is 0.176 e. The summed E-state index contributed by atoms with van der Waals surface area (Å²) in [5.74, 6) is 0.178. The maximum absolute atomic E-state index is 12.0. The first-order valence-electron chi connectivity index (χ1n) is 5.57. The number of halogens is 1. The number of carbonyl (C=O) groups excluding carboxylic acids is 1. The van der Waals surface area contributed by atoms with Crippen LogP contribution in [0, 0.1) is 0 Å². The van der Waals surface area contributed by atoms with Crippen molar-refractivity contribution in [1.29, 1.82) is 0 Å². The van der Waals surface area contributed by atoms with Crippen molar-refractivity contribution in [2.75, 3.05) is 13.1 Å². The van der Waals surface area contributed by atoms with E-state index in [1.165, 1.54) is 0 Å². The van der Waals surface area contributed by atoms with Gasteiger partial charge in [0.25, 0.3) is 0 Å². The number of hydrogen-bond donors (Lipinski definition) is 0. The van der Waals surface area contributed by atoms with E-state index < -0.39 is 0 Å². The van der Waals surface area contributed by atoms with Crippen LogP contribution >= 0.6 is 15.9 Å². The summed E-state index contributed by atoms with van der Waals surface area (Å²) < 4.78 is 0.950. The second kappa shape index (κ2) is 6.16. The third-order valence-electron chi connectivity index (χ3n) is 2.63. The zero-order valence-electron chi connectivity index (χ0n) is 10.0. The van der Waals surface area contributed by atoms with E-state index in [4.69, 9.17) is 0 Å². The van der Waals surface area contributed by atoms with Crippen molar-refractivity contribution in [2.45, 2.75) is 26.8 Å². The van der Waals surface area contributed by atoms with Crippen LogP contribution in [0.25, 0.3) is 0 Å². The lowest BCUT2D eigenvalue weighted by Gasteiger charge is -2.23. The van der Waals surface area contributed by atoms with E-state index in [1.807, 2.05) is 24.3 Å². The zero-order valence-corrected chi connectivity index (χ0v) is 11.6. The molecular formula is C13H18BrNO. The van der Waals surface area contributed by atoms with Crippen molar-refractivity contribution in [2.24, 2.45) is 0 Å². The van der Waals surface area contributed by atoms with E-state index in [9.17, 15) is 4.79 Å². The summed E-state index contributed by atoms with van der Waals surface area (Å²) in [7, 11) is 0. The molecule has 2 nitrogen and oxygen atoms in total. The molecule has 1 rings (SSSR count).